The maximum Gasteiger partial charge on any atom is 0.413 e. The third-order valence-corrected chi connectivity index (χ3v) is 4.66. The minimum Gasteiger partial charge on any atom is -0.399 e. The second kappa shape index (κ2) is 7.35. The van der Waals surface area contributed by atoms with Crippen molar-refractivity contribution in [2.75, 3.05) is 6.54 Å². The van der Waals surface area contributed by atoms with Crippen LogP contribution in [0.1, 0.15) is 5.56 Å². The molecule has 2 heterocycles. The van der Waals surface area contributed by atoms with Gasteiger partial charge in [0.15, 0.2) is 5.06 Å². The van der Waals surface area contributed by atoms with Gasteiger partial charge in [0, 0.05) is 4.47 Å². The van der Waals surface area contributed by atoms with Crippen molar-refractivity contribution in [3.63, 3.8) is 0 Å². The van der Waals surface area contributed by atoms with Gasteiger partial charge < -0.3 is 10.1 Å². The molecule has 1 aromatic carbocycles. The predicted molar refractivity (Wildman–Crippen MR) is 93.5 cm³/mol. The Morgan fingerprint density at radius 1 is 1.35 bits per heavy atom. The van der Waals surface area contributed by atoms with Crippen molar-refractivity contribution < 1.29 is 14.4 Å². The second-order valence-electron chi connectivity index (χ2n) is 4.67. The zero-order valence-corrected chi connectivity index (χ0v) is 14.9. The molecule has 2 N–H and O–H groups in total. The Morgan fingerprint density at radius 3 is 2.83 bits per heavy atom. The fourth-order valence-electron chi connectivity index (χ4n) is 1.94. The summed E-state index contributed by atoms with van der Waals surface area (Å²) in [7, 11) is 0. The molecule has 120 valence electrons. The molecule has 0 aliphatic carbocycles. The Balaban J connectivity index is 1.51. The zero-order valence-electron chi connectivity index (χ0n) is 11.7. The van der Waals surface area contributed by atoms with Gasteiger partial charge in [-0.25, -0.2) is 4.79 Å². The van der Waals surface area contributed by atoms with E-state index in [1.807, 2.05) is 30.3 Å². The lowest BCUT2D eigenvalue weighted by molar-refractivity contribution is 0.0520. The highest BCUT2D eigenvalue weighted by Crippen LogP contribution is 2.28. The van der Waals surface area contributed by atoms with Crippen LogP contribution in [0.4, 0.5) is 4.79 Å². The third-order valence-electron chi connectivity index (χ3n) is 3.02. The monoisotopic (exact) mass is 414 g/mol. The van der Waals surface area contributed by atoms with Gasteiger partial charge in [-0.15, -0.1) is 0 Å². The van der Waals surface area contributed by atoms with Crippen LogP contribution >= 0.6 is 38.9 Å². The average molecular weight is 416 g/mol. The number of benzene rings is 1. The highest BCUT2D eigenvalue weighted by atomic mass is 79.9. The van der Waals surface area contributed by atoms with Crippen molar-refractivity contribution in [2.24, 2.45) is 0 Å². The van der Waals surface area contributed by atoms with Gasteiger partial charge in [0.25, 0.3) is 0 Å². The normalized spacial score (nSPS) is 16.6. The fraction of sp³-hybridized carbons (Fsp3) is 0.133. The van der Waals surface area contributed by atoms with Crippen LogP contribution in [-0.4, -0.2) is 18.7 Å². The highest BCUT2D eigenvalue weighted by molar-refractivity contribution is 9.10. The van der Waals surface area contributed by atoms with Crippen LogP contribution in [0.25, 0.3) is 5.70 Å². The van der Waals surface area contributed by atoms with Crippen LogP contribution in [0.2, 0.25) is 4.34 Å². The first kappa shape index (κ1) is 16.3. The van der Waals surface area contributed by atoms with E-state index < -0.39 is 6.09 Å². The summed E-state index contributed by atoms with van der Waals surface area (Å²) in [5.74, 6) is 0. The molecule has 1 unspecified atom stereocenters. The summed E-state index contributed by atoms with van der Waals surface area (Å²) in [6, 6.07) is 11.2. The van der Waals surface area contributed by atoms with E-state index in [4.69, 9.17) is 21.2 Å². The molecule has 8 heteroatoms. The molecule has 23 heavy (non-hydrogen) atoms. The number of ether oxygens (including phenoxy) is 1. The molecular weight excluding hydrogens is 404 g/mol. The topological polar surface area (TPSA) is 59.6 Å². The van der Waals surface area contributed by atoms with E-state index in [-0.39, 0.29) is 6.10 Å². The first-order valence-corrected chi connectivity index (χ1v) is 8.69. The van der Waals surface area contributed by atoms with Gasteiger partial charge in [-0.2, -0.15) is 0 Å². The molecule has 1 aliphatic rings. The number of hydroxylamine groups is 1. The molecule has 0 fully saturated rings. The Morgan fingerprint density at radius 2 is 2.13 bits per heavy atom. The molecule has 5 nitrogen and oxygen atoms in total. The summed E-state index contributed by atoms with van der Waals surface area (Å²) in [5.41, 5.74) is 4.73. The first-order chi connectivity index (χ1) is 11.1. The number of halogens is 2. The molecule has 1 atom stereocenters. The number of rotatable bonds is 4. The molecule has 0 saturated carbocycles. The van der Waals surface area contributed by atoms with Crippen LogP contribution in [0.15, 0.2) is 46.9 Å². The van der Waals surface area contributed by atoms with Gasteiger partial charge in [-0.05, 0) is 35.9 Å². The van der Waals surface area contributed by atoms with E-state index in [0.717, 1.165) is 15.7 Å². The molecule has 0 radical (unpaired) electrons. The van der Waals surface area contributed by atoms with Crippen molar-refractivity contribution in [3.8, 4) is 5.06 Å². The Kier molecular flexibility index (Phi) is 5.22. The van der Waals surface area contributed by atoms with E-state index in [0.29, 0.717) is 15.9 Å². The Bertz CT molecular complexity index is 733. The molecule has 0 bridgehead atoms. The zero-order chi connectivity index (χ0) is 16.2. The van der Waals surface area contributed by atoms with E-state index in [9.17, 15) is 4.79 Å². The van der Waals surface area contributed by atoms with Gasteiger partial charge in [0.2, 0.25) is 0 Å². The summed E-state index contributed by atoms with van der Waals surface area (Å²) in [6.07, 6.45) is 1.09. The maximum absolute atomic E-state index is 11.7. The number of hydrogen-bond donors (Lipinski definition) is 2. The lowest BCUT2D eigenvalue weighted by Crippen LogP contribution is -2.34. The second-order valence-corrected chi connectivity index (χ2v) is 7.27. The maximum atomic E-state index is 11.7. The molecule has 2 aromatic rings. The number of carbonyl (C=O) groups is 1. The highest BCUT2D eigenvalue weighted by Gasteiger charge is 2.18. The van der Waals surface area contributed by atoms with Gasteiger partial charge in [0.05, 0.1) is 16.6 Å². The number of amides is 1. The molecule has 1 amide bonds. The largest absolute Gasteiger partial charge is 0.413 e. The molecule has 1 aromatic heterocycles. The van der Waals surface area contributed by atoms with Gasteiger partial charge >= 0.3 is 6.09 Å². The van der Waals surface area contributed by atoms with Crippen LogP contribution in [-0.2, 0) is 4.84 Å². The quantitative estimate of drug-likeness (QED) is 0.786. The smallest absolute Gasteiger partial charge is 0.399 e. The summed E-state index contributed by atoms with van der Waals surface area (Å²) < 4.78 is 6.68. The molecular formula is C15H12BrClN2O3S. The molecule has 3 rings (SSSR count). The predicted octanol–water partition coefficient (Wildman–Crippen LogP) is 4.20. The van der Waals surface area contributed by atoms with Gasteiger partial charge in [0.1, 0.15) is 6.10 Å². The third kappa shape index (κ3) is 4.48. The molecule has 0 spiro atoms. The van der Waals surface area contributed by atoms with Crippen molar-refractivity contribution in [1.82, 2.24) is 10.8 Å². The fourth-order valence-corrected chi connectivity index (χ4v) is 3.08. The van der Waals surface area contributed by atoms with Crippen molar-refractivity contribution >= 4 is 50.7 Å². The lowest BCUT2D eigenvalue weighted by Gasteiger charge is -2.08. The summed E-state index contributed by atoms with van der Waals surface area (Å²) in [5, 5.41) is 3.10. The average Bonchev–Trinajstić information content (AvgIpc) is 3.15. The Hall–Kier alpha value is -1.54. The Labute approximate surface area is 150 Å². The SMILES string of the molecule is O=C(NCC1C=C(c2ccc(Br)cc2)NO1)Oc1ccc(Cl)s1. The van der Waals surface area contributed by atoms with E-state index in [2.05, 4.69) is 26.7 Å². The number of carbonyl (C=O) groups excluding carboxylic acids is 1. The van der Waals surface area contributed by atoms with Crippen LogP contribution in [0.3, 0.4) is 0 Å². The lowest BCUT2D eigenvalue weighted by atomic mass is 10.1. The van der Waals surface area contributed by atoms with Crippen LogP contribution in [0.5, 0.6) is 5.06 Å². The van der Waals surface area contributed by atoms with E-state index in [1.54, 1.807) is 12.1 Å². The first-order valence-electron chi connectivity index (χ1n) is 6.70. The van der Waals surface area contributed by atoms with E-state index in [1.165, 1.54) is 11.3 Å². The van der Waals surface area contributed by atoms with Crippen LogP contribution in [0, 0.1) is 0 Å². The minimum atomic E-state index is -0.544. The number of hydrogen-bond acceptors (Lipinski definition) is 5. The van der Waals surface area contributed by atoms with Crippen molar-refractivity contribution in [1.29, 1.82) is 0 Å². The van der Waals surface area contributed by atoms with Gasteiger partial charge in [-0.3, -0.25) is 10.3 Å². The summed E-state index contributed by atoms with van der Waals surface area (Å²) in [6.45, 7) is 0.297. The van der Waals surface area contributed by atoms with Crippen molar-refractivity contribution in [3.05, 3.63) is 56.8 Å². The standard InChI is InChI=1S/C15H12BrClN2O3S/c16-10-3-1-9(2-4-10)12-7-11(22-19-12)8-18-15(20)21-14-6-5-13(17)23-14/h1-7,11,19H,8H2,(H,18,20). The summed E-state index contributed by atoms with van der Waals surface area (Å²) >= 11 is 10.4. The summed E-state index contributed by atoms with van der Waals surface area (Å²) in [4.78, 5) is 17.1. The van der Waals surface area contributed by atoms with Crippen molar-refractivity contribution in [2.45, 2.75) is 6.10 Å². The molecule has 0 saturated heterocycles. The minimum absolute atomic E-state index is 0.270. The van der Waals surface area contributed by atoms with E-state index >= 15 is 0 Å². The number of nitrogens with one attached hydrogen (secondary N) is 2. The molecule has 1 aliphatic heterocycles. The van der Waals surface area contributed by atoms with Gasteiger partial charge in [-0.1, -0.05) is 51.0 Å². The number of thiophene rings is 1. The van der Waals surface area contributed by atoms with Crippen LogP contribution < -0.4 is 15.5 Å².